The van der Waals surface area contributed by atoms with Crippen LogP contribution in [0.2, 0.25) is 0 Å². The van der Waals surface area contributed by atoms with Gasteiger partial charge >= 0.3 is 0 Å². The minimum absolute atomic E-state index is 0.235. The number of aromatic amines is 1. The number of H-pyrrole nitrogens is 1. The van der Waals surface area contributed by atoms with Gasteiger partial charge in [0.15, 0.2) is 17.3 Å². The van der Waals surface area contributed by atoms with E-state index in [0.29, 0.717) is 47.1 Å². The monoisotopic (exact) mass is 429 g/mol. The normalized spacial score (nSPS) is 14.8. The van der Waals surface area contributed by atoms with E-state index >= 15 is 0 Å². The van der Waals surface area contributed by atoms with Gasteiger partial charge in [0.1, 0.15) is 0 Å². The number of rotatable bonds is 5. The van der Waals surface area contributed by atoms with Crippen LogP contribution in [-0.2, 0) is 4.74 Å². The molecule has 1 aliphatic rings. The number of fused-ring (bicyclic) bond motifs is 1. The standard InChI is InChI=1S/C20H20ClN5O4/c1-28-16-8-13-15(9-17(16)29-2)24-18(25-19(13)27)14(21)7-12-10-22-20(23-11-12)26-3-5-30-6-4-26/h7-11H,3-6H2,1-2H3,(H,24,25,27)/b14-7-. The highest BCUT2D eigenvalue weighted by atomic mass is 35.5. The Kier molecular flexibility index (Phi) is 5.82. The number of hydrogen-bond donors (Lipinski definition) is 1. The Hall–Kier alpha value is -3.17. The molecule has 30 heavy (non-hydrogen) atoms. The second-order valence-corrected chi connectivity index (χ2v) is 6.95. The van der Waals surface area contributed by atoms with Crippen LogP contribution >= 0.6 is 11.6 Å². The third-order valence-electron chi connectivity index (χ3n) is 4.68. The number of nitrogens with one attached hydrogen (secondary N) is 1. The zero-order valence-electron chi connectivity index (χ0n) is 16.5. The highest BCUT2D eigenvalue weighted by Crippen LogP contribution is 2.30. The van der Waals surface area contributed by atoms with Crippen LogP contribution in [-0.4, -0.2) is 60.5 Å². The van der Waals surface area contributed by atoms with Crippen LogP contribution in [0.4, 0.5) is 5.95 Å². The molecule has 9 nitrogen and oxygen atoms in total. The predicted molar refractivity (Wildman–Crippen MR) is 114 cm³/mol. The van der Waals surface area contributed by atoms with Gasteiger partial charge in [0.25, 0.3) is 5.56 Å². The van der Waals surface area contributed by atoms with Crippen molar-refractivity contribution in [2.75, 3.05) is 45.4 Å². The average molecular weight is 430 g/mol. The number of ether oxygens (including phenoxy) is 3. The van der Waals surface area contributed by atoms with Crippen molar-refractivity contribution in [2.24, 2.45) is 0 Å². The first-order valence-corrected chi connectivity index (χ1v) is 9.65. The van der Waals surface area contributed by atoms with Gasteiger partial charge in [-0.05, 0) is 12.1 Å². The van der Waals surface area contributed by atoms with E-state index in [1.165, 1.54) is 14.2 Å². The number of anilines is 1. The Morgan fingerprint density at radius 2 is 1.83 bits per heavy atom. The number of methoxy groups -OCH3 is 2. The van der Waals surface area contributed by atoms with Crippen LogP contribution in [0.5, 0.6) is 11.5 Å². The molecule has 0 amide bonds. The number of nitrogens with zero attached hydrogens (tertiary/aromatic N) is 4. The van der Waals surface area contributed by atoms with Crippen molar-refractivity contribution in [2.45, 2.75) is 0 Å². The van der Waals surface area contributed by atoms with E-state index < -0.39 is 0 Å². The van der Waals surface area contributed by atoms with Crippen molar-refractivity contribution < 1.29 is 14.2 Å². The first-order valence-electron chi connectivity index (χ1n) is 9.27. The van der Waals surface area contributed by atoms with E-state index in [1.807, 2.05) is 0 Å². The molecule has 3 heterocycles. The molecule has 1 aromatic carbocycles. The molecule has 156 valence electrons. The molecule has 0 saturated carbocycles. The number of morpholine rings is 1. The third kappa shape index (κ3) is 4.07. The summed E-state index contributed by atoms with van der Waals surface area (Å²) in [5, 5.41) is 0.630. The van der Waals surface area contributed by atoms with Crippen LogP contribution < -0.4 is 19.9 Å². The largest absolute Gasteiger partial charge is 0.493 e. The smallest absolute Gasteiger partial charge is 0.259 e. The molecule has 2 aromatic heterocycles. The fourth-order valence-electron chi connectivity index (χ4n) is 3.13. The Bertz CT molecular complexity index is 1140. The van der Waals surface area contributed by atoms with Gasteiger partial charge in [-0.15, -0.1) is 0 Å². The number of halogens is 1. The third-order valence-corrected chi connectivity index (χ3v) is 4.97. The highest BCUT2D eigenvalue weighted by molar-refractivity contribution is 6.50. The summed E-state index contributed by atoms with van der Waals surface area (Å²) in [6.07, 6.45) is 5.00. The molecule has 1 N–H and O–H groups in total. The Morgan fingerprint density at radius 3 is 2.50 bits per heavy atom. The van der Waals surface area contributed by atoms with Crippen molar-refractivity contribution >= 4 is 39.6 Å². The van der Waals surface area contributed by atoms with Crippen LogP contribution in [0, 0.1) is 0 Å². The molecular formula is C20H20ClN5O4. The molecule has 0 radical (unpaired) electrons. The molecule has 4 rings (SSSR count). The quantitative estimate of drug-likeness (QED) is 0.659. The van der Waals surface area contributed by atoms with Crippen LogP contribution in [0.15, 0.2) is 29.3 Å². The minimum atomic E-state index is -0.332. The van der Waals surface area contributed by atoms with Crippen molar-refractivity contribution in [1.82, 2.24) is 19.9 Å². The van der Waals surface area contributed by atoms with E-state index in [-0.39, 0.29) is 16.4 Å². The lowest BCUT2D eigenvalue weighted by atomic mass is 10.2. The molecule has 3 aromatic rings. The second-order valence-electron chi connectivity index (χ2n) is 6.55. The lowest BCUT2D eigenvalue weighted by Gasteiger charge is -2.26. The van der Waals surface area contributed by atoms with E-state index in [2.05, 4.69) is 24.8 Å². The molecule has 0 unspecified atom stereocenters. The number of aromatic nitrogens is 4. The maximum atomic E-state index is 12.5. The topological polar surface area (TPSA) is 102 Å². The summed E-state index contributed by atoms with van der Waals surface area (Å²) in [5.41, 5.74) is 0.797. The molecule has 1 saturated heterocycles. The number of benzene rings is 1. The van der Waals surface area contributed by atoms with E-state index in [0.717, 1.165) is 13.1 Å². The van der Waals surface area contributed by atoms with E-state index in [1.54, 1.807) is 30.6 Å². The highest BCUT2D eigenvalue weighted by Gasteiger charge is 2.14. The van der Waals surface area contributed by atoms with Gasteiger partial charge in [-0.25, -0.2) is 15.0 Å². The summed E-state index contributed by atoms with van der Waals surface area (Å²) in [6, 6.07) is 3.22. The van der Waals surface area contributed by atoms with Crippen LogP contribution in [0.25, 0.3) is 22.0 Å². The van der Waals surface area contributed by atoms with E-state index in [9.17, 15) is 4.79 Å². The minimum Gasteiger partial charge on any atom is -0.493 e. The lowest BCUT2D eigenvalue weighted by molar-refractivity contribution is 0.122. The summed E-state index contributed by atoms with van der Waals surface area (Å²) in [6.45, 7) is 2.84. The Morgan fingerprint density at radius 1 is 1.17 bits per heavy atom. The summed E-state index contributed by atoms with van der Waals surface area (Å²) in [7, 11) is 3.02. The Labute approximate surface area is 177 Å². The fraction of sp³-hybridized carbons (Fsp3) is 0.300. The summed E-state index contributed by atoms with van der Waals surface area (Å²) >= 11 is 6.42. The molecular weight excluding hydrogens is 410 g/mol. The maximum absolute atomic E-state index is 12.5. The molecule has 10 heteroatoms. The van der Waals surface area contributed by atoms with Crippen molar-refractivity contribution in [3.63, 3.8) is 0 Å². The Balaban J connectivity index is 1.64. The van der Waals surface area contributed by atoms with Gasteiger partial charge in [0.05, 0.1) is 43.4 Å². The molecule has 1 fully saturated rings. The summed E-state index contributed by atoms with van der Waals surface area (Å²) < 4.78 is 15.9. The summed E-state index contributed by atoms with van der Waals surface area (Å²) in [5.74, 6) is 1.80. The van der Waals surface area contributed by atoms with Crippen LogP contribution in [0.3, 0.4) is 0 Å². The maximum Gasteiger partial charge on any atom is 0.259 e. The van der Waals surface area contributed by atoms with Gasteiger partial charge in [0, 0.05) is 37.1 Å². The van der Waals surface area contributed by atoms with Gasteiger partial charge in [-0.3, -0.25) is 4.79 Å². The van der Waals surface area contributed by atoms with Gasteiger partial charge in [0.2, 0.25) is 5.95 Å². The van der Waals surface area contributed by atoms with Crippen molar-refractivity contribution in [3.05, 3.63) is 46.3 Å². The zero-order chi connectivity index (χ0) is 21.1. The molecule has 0 atom stereocenters. The SMILES string of the molecule is COc1cc2nc(/C(Cl)=C/c3cnc(N4CCOCC4)nc3)[nH]c(=O)c2cc1OC. The van der Waals surface area contributed by atoms with Gasteiger partial charge < -0.3 is 24.1 Å². The predicted octanol–water partition coefficient (Wildman–Crippen LogP) is 2.30. The lowest BCUT2D eigenvalue weighted by Crippen LogP contribution is -2.37. The molecule has 0 bridgehead atoms. The first kappa shape index (κ1) is 20.1. The van der Waals surface area contributed by atoms with E-state index in [4.69, 9.17) is 25.8 Å². The zero-order valence-corrected chi connectivity index (χ0v) is 17.3. The molecule has 1 aliphatic heterocycles. The number of hydrogen-bond acceptors (Lipinski definition) is 8. The first-order chi connectivity index (χ1) is 14.6. The molecule has 0 aliphatic carbocycles. The average Bonchev–Trinajstić information content (AvgIpc) is 2.79. The van der Waals surface area contributed by atoms with Crippen molar-refractivity contribution in [3.8, 4) is 11.5 Å². The summed E-state index contributed by atoms with van der Waals surface area (Å²) in [4.78, 5) is 30.5. The van der Waals surface area contributed by atoms with Crippen LogP contribution in [0.1, 0.15) is 11.4 Å². The van der Waals surface area contributed by atoms with Crippen molar-refractivity contribution in [1.29, 1.82) is 0 Å². The van der Waals surface area contributed by atoms with Gasteiger partial charge in [-0.1, -0.05) is 11.6 Å². The van der Waals surface area contributed by atoms with Gasteiger partial charge in [-0.2, -0.15) is 0 Å². The fourth-order valence-corrected chi connectivity index (χ4v) is 3.34. The molecule has 0 spiro atoms. The second kappa shape index (κ2) is 8.68.